The van der Waals surface area contributed by atoms with Gasteiger partial charge in [0, 0.05) is 11.8 Å². The van der Waals surface area contributed by atoms with Crippen LogP contribution in [0.2, 0.25) is 0 Å². The SMILES string of the molecule is Cc1c(COC(=O)CC(C)(C)C(Cl)CC(Cl)(Cl)C(F)(F)F)cccc1-c1ccccc1. The predicted molar refractivity (Wildman–Crippen MR) is 120 cm³/mol. The van der Waals surface area contributed by atoms with E-state index in [1.165, 1.54) is 0 Å². The second kappa shape index (κ2) is 10.0. The Labute approximate surface area is 195 Å². The number of hydrogen-bond donors (Lipinski definition) is 0. The molecule has 0 radical (unpaired) electrons. The second-order valence-electron chi connectivity index (χ2n) is 8.16. The average Bonchev–Trinajstić information content (AvgIpc) is 2.66. The zero-order valence-corrected chi connectivity index (χ0v) is 19.7. The lowest BCUT2D eigenvalue weighted by Crippen LogP contribution is -2.40. The molecule has 2 rings (SSSR count). The number of esters is 1. The molecule has 0 amide bonds. The van der Waals surface area contributed by atoms with Crippen molar-refractivity contribution in [2.75, 3.05) is 0 Å². The monoisotopic (exact) mass is 494 g/mol. The third-order valence-electron chi connectivity index (χ3n) is 5.22. The standard InChI is InChI=1S/C23H24Cl3F3O2/c1-15-17(10-7-11-18(15)16-8-5-4-6-9-16)14-31-20(30)13-21(2,3)19(24)12-22(25,26)23(27,28)29/h4-11,19H,12-14H2,1-3H3. The van der Waals surface area contributed by atoms with Crippen molar-refractivity contribution in [3.63, 3.8) is 0 Å². The fourth-order valence-corrected chi connectivity index (χ4v) is 3.85. The number of carbonyl (C=O) groups is 1. The summed E-state index contributed by atoms with van der Waals surface area (Å²) in [6, 6.07) is 15.6. The number of carbonyl (C=O) groups excluding carboxylic acids is 1. The van der Waals surface area contributed by atoms with Gasteiger partial charge < -0.3 is 4.74 Å². The Hall–Kier alpha value is -1.43. The maximum absolute atomic E-state index is 12.9. The van der Waals surface area contributed by atoms with Crippen molar-refractivity contribution < 1.29 is 22.7 Å². The van der Waals surface area contributed by atoms with E-state index in [9.17, 15) is 18.0 Å². The molecule has 0 saturated heterocycles. The van der Waals surface area contributed by atoms with Crippen molar-refractivity contribution in [2.45, 2.75) is 56.1 Å². The van der Waals surface area contributed by atoms with Gasteiger partial charge in [0.25, 0.3) is 0 Å². The van der Waals surface area contributed by atoms with E-state index in [1.54, 1.807) is 13.8 Å². The minimum Gasteiger partial charge on any atom is -0.461 e. The summed E-state index contributed by atoms with van der Waals surface area (Å²) in [5.41, 5.74) is 2.89. The predicted octanol–water partition coefficient (Wildman–Crippen LogP) is 7.86. The number of alkyl halides is 6. The Bertz CT molecular complexity index is 897. The summed E-state index contributed by atoms with van der Waals surface area (Å²) in [6.07, 6.45) is -5.76. The minimum absolute atomic E-state index is 0.0475. The van der Waals surface area contributed by atoms with Gasteiger partial charge in [-0.2, -0.15) is 13.2 Å². The van der Waals surface area contributed by atoms with Crippen molar-refractivity contribution in [3.8, 4) is 11.1 Å². The van der Waals surface area contributed by atoms with Crippen LogP contribution in [0.25, 0.3) is 11.1 Å². The molecule has 0 heterocycles. The molecule has 0 aromatic heterocycles. The first-order chi connectivity index (χ1) is 14.2. The van der Waals surface area contributed by atoms with Crippen molar-refractivity contribution in [1.82, 2.24) is 0 Å². The van der Waals surface area contributed by atoms with Crippen molar-refractivity contribution in [2.24, 2.45) is 5.41 Å². The summed E-state index contributed by atoms with van der Waals surface area (Å²) in [7, 11) is 0. The summed E-state index contributed by atoms with van der Waals surface area (Å²) >= 11 is 17.0. The molecule has 0 saturated carbocycles. The quantitative estimate of drug-likeness (QED) is 0.275. The van der Waals surface area contributed by atoms with Crippen molar-refractivity contribution in [3.05, 3.63) is 59.7 Å². The van der Waals surface area contributed by atoms with Gasteiger partial charge in [0.05, 0.1) is 6.42 Å². The van der Waals surface area contributed by atoms with Crippen molar-refractivity contribution >= 4 is 40.8 Å². The van der Waals surface area contributed by atoms with Crippen LogP contribution in [0.1, 0.15) is 37.8 Å². The van der Waals surface area contributed by atoms with E-state index in [0.717, 1.165) is 22.3 Å². The van der Waals surface area contributed by atoms with Gasteiger partial charge in [0.2, 0.25) is 4.33 Å². The van der Waals surface area contributed by atoms with E-state index in [4.69, 9.17) is 39.5 Å². The molecule has 31 heavy (non-hydrogen) atoms. The summed E-state index contributed by atoms with van der Waals surface area (Å²) < 4.78 is 41.2. The minimum atomic E-state index is -4.83. The van der Waals surface area contributed by atoms with Crippen LogP contribution in [-0.2, 0) is 16.1 Å². The molecule has 170 valence electrons. The lowest BCUT2D eigenvalue weighted by molar-refractivity contribution is -0.148. The molecule has 0 N–H and O–H groups in total. The van der Waals surface area contributed by atoms with E-state index in [0.29, 0.717) is 0 Å². The first-order valence-electron chi connectivity index (χ1n) is 9.63. The molecule has 0 bridgehead atoms. The molecule has 1 unspecified atom stereocenters. The van der Waals surface area contributed by atoms with Gasteiger partial charge in [-0.05, 0) is 34.6 Å². The smallest absolute Gasteiger partial charge is 0.421 e. The molecule has 2 aromatic rings. The van der Waals surface area contributed by atoms with E-state index in [1.807, 2.05) is 55.5 Å². The Kier molecular flexibility index (Phi) is 8.34. The van der Waals surface area contributed by atoms with E-state index < -0.39 is 33.7 Å². The van der Waals surface area contributed by atoms with Gasteiger partial charge in [-0.1, -0.05) is 85.6 Å². The van der Waals surface area contributed by atoms with Crippen LogP contribution in [0.4, 0.5) is 13.2 Å². The molecular formula is C23H24Cl3F3O2. The Morgan fingerprint density at radius 1 is 1.03 bits per heavy atom. The first-order valence-corrected chi connectivity index (χ1v) is 10.8. The molecule has 0 fully saturated rings. The highest BCUT2D eigenvalue weighted by Gasteiger charge is 2.54. The highest BCUT2D eigenvalue weighted by molar-refractivity contribution is 6.49. The van der Waals surface area contributed by atoms with Crippen LogP contribution in [0, 0.1) is 12.3 Å². The lowest BCUT2D eigenvalue weighted by Gasteiger charge is -2.33. The molecule has 2 nitrogen and oxygen atoms in total. The van der Waals surface area contributed by atoms with Gasteiger partial charge >= 0.3 is 12.1 Å². The number of benzene rings is 2. The highest BCUT2D eigenvalue weighted by atomic mass is 35.5. The van der Waals surface area contributed by atoms with Crippen LogP contribution < -0.4 is 0 Å². The van der Waals surface area contributed by atoms with Crippen LogP contribution in [0.5, 0.6) is 0 Å². The summed E-state index contributed by atoms with van der Waals surface area (Å²) in [5.74, 6) is -0.568. The molecule has 0 spiro atoms. The van der Waals surface area contributed by atoms with Crippen LogP contribution in [-0.4, -0.2) is 21.9 Å². The number of halogens is 6. The molecule has 0 aliphatic rings. The highest BCUT2D eigenvalue weighted by Crippen LogP contribution is 2.47. The average molecular weight is 496 g/mol. The third kappa shape index (κ3) is 6.77. The van der Waals surface area contributed by atoms with Gasteiger partial charge in [-0.25, -0.2) is 0 Å². The van der Waals surface area contributed by atoms with E-state index in [2.05, 4.69) is 0 Å². The maximum Gasteiger partial charge on any atom is 0.421 e. The normalized spacial score (nSPS) is 13.7. The van der Waals surface area contributed by atoms with Gasteiger partial charge in [-0.15, -0.1) is 11.6 Å². The van der Waals surface area contributed by atoms with Gasteiger partial charge in [0.15, 0.2) is 0 Å². The van der Waals surface area contributed by atoms with Crippen LogP contribution in [0.15, 0.2) is 48.5 Å². The molecule has 8 heteroatoms. The van der Waals surface area contributed by atoms with Crippen LogP contribution >= 0.6 is 34.8 Å². The largest absolute Gasteiger partial charge is 0.461 e. The van der Waals surface area contributed by atoms with Gasteiger partial charge in [0.1, 0.15) is 6.61 Å². The third-order valence-corrected chi connectivity index (χ3v) is 6.70. The number of ether oxygens (including phenoxy) is 1. The summed E-state index contributed by atoms with van der Waals surface area (Å²) in [4.78, 5) is 12.4. The first kappa shape index (κ1) is 25.8. The molecule has 1 atom stereocenters. The fraction of sp³-hybridized carbons (Fsp3) is 0.435. The van der Waals surface area contributed by atoms with E-state index in [-0.39, 0.29) is 13.0 Å². The molecule has 0 aliphatic carbocycles. The van der Waals surface area contributed by atoms with Crippen LogP contribution in [0.3, 0.4) is 0 Å². The lowest BCUT2D eigenvalue weighted by atomic mass is 9.83. The maximum atomic E-state index is 12.9. The molecule has 2 aromatic carbocycles. The zero-order chi connectivity index (χ0) is 23.4. The Balaban J connectivity index is 2.02. The van der Waals surface area contributed by atoms with Gasteiger partial charge in [-0.3, -0.25) is 4.79 Å². The number of rotatable bonds is 8. The second-order valence-corrected chi connectivity index (χ2v) is 10.2. The topological polar surface area (TPSA) is 26.3 Å². The van der Waals surface area contributed by atoms with Crippen molar-refractivity contribution in [1.29, 1.82) is 0 Å². The zero-order valence-electron chi connectivity index (χ0n) is 17.4. The van der Waals surface area contributed by atoms with E-state index >= 15 is 0 Å². The molecular weight excluding hydrogens is 472 g/mol. The Morgan fingerprint density at radius 3 is 2.23 bits per heavy atom. The fourth-order valence-electron chi connectivity index (χ4n) is 3.08. The molecule has 0 aliphatic heterocycles. The summed E-state index contributed by atoms with van der Waals surface area (Å²) in [5, 5.41) is -1.10. The summed E-state index contributed by atoms with van der Waals surface area (Å²) in [6.45, 7) is 5.15. The Morgan fingerprint density at radius 2 is 1.65 bits per heavy atom. The number of hydrogen-bond acceptors (Lipinski definition) is 2.